The lowest BCUT2D eigenvalue weighted by Gasteiger charge is -2.30. The summed E-state index contributed by atoms with van der Waals surface area (Å²) in [4.78, 5) is 0. The SMILES string of the molecule is CCC1=Cc2c(C)ccc(C)c2C1[Si](C)(C)C. The van der Waals surface area contributed by atoms with Crippen LogP contribution in [-0.4, -0.2) is 8.07 Å². The second-order valence-corrected chi connectivity index (χ2v) is 11.7. The largest absolute Gasteiger partial charge is 0.0688 e. The Morgan fingerprint density at radius 1 is 1.06 bits per heavy atom. The predicted octanol–water partition coefficient (Wildman–Crippen LogP) is 5.07. The molecule has 0 bridgehead atoms. The van der Waals surface area contributed by atoms with Crippen molar-refractivity contribution in [2.75, 3.05) is 0 Å². The van der Waals surface area contributed by atoms with Gasteiger partial charge in [-0.2, -0.15) is 0 Å². The Morgan fingerprint density at radius 2 is 1.65 bits per heavy atom. The van der Waals surface area contributed by atoms with Crippen LogP contribution in [0.3, 0.4) is 0 Å². The number of hydrogen-bond donors (Lipinski definition) is 0. The molecular weight excluding hydrogens is 220 g/mol. The number of aryl methyl sites for hydroxylation is 2. The zero-order chi connectivity index (χ0) is 12.8. The number of hydrogen-bond acceptors (Lipinski definition) is 0. The second kappa shape index (κ2) is 4.13. The zero-order valence-electron chi connectivity index (χ0n) is 12.0. The van der Waals surface area contributed by atoms with Crippen molar-refractivity contribution >= 4 is 14.1 Å². The molecule has 1 aromatic carbocycles. The van der Waals surface area contributed by atoms with Crippen molar-refractivity contribution in [2.45, 2.75) is 52.4 Å². The maximum Gasteiger partial charge on any atom is 0.0569 e. The minimum atomic E-state index is -1.18. The van der Waals surface area contributed by atoms with Gasteiger partial charge in [0.05, 0.1) is 8.07 Å². The molecular formula is C16H24Si. The molecule has 1 unspecified atom stereocenters. The van der Waals surface area contributed by atoms with E-state index in [0.717, 1.165) is 5.54 Å². The van der Waals surface area contributed by atoms with Crippen LogP contribution in [0.4, 0.5) is 0 Å². The molecule has 0 N–H and O–H groups in total. The van der Waals surface area contributed by atoms with Crippen molar-refractivity contribution in [2.24, 2.45) is 0 Å². The highest BCUT2D eigenvalue weighted by Crippen LogP contribution is 2.45. The molecule has 2 rings (SSSR count). The van der Waals surface area contributed by atoms with Crippen LogP contribution in [0.5, 0.6) is 0 Å². The Kier molecular flexibility index (Phi) is 3.07. The molecule has 0 amide bonds. The summed E-state index contributed by atoms with van der Waals surface area (Å²) in [5, 5.41) is 0. The van der Waals surface area contributed by atoms with E-state index >= 15 is 0 Å². The van der Waals surface area contributed by atoms with E-state index in [1.54, 1.807) is 11.1 Å². The van der Waals surface area contributed by atoms with Gasteiger partial charge in [-0.05, 0) is 42.5 Å². The highest BCUT2D eigenvalue weighted by molar-refractivity contribution is 6.78. The summed E-state index contributed by atoms with van der Waals surface area (Å²) >= 11 is 0. The van der Waals surface area contributed by atoms with E-state index < -0.39 is 8.07 Å². The molecule has 0 fully saturated rings. The van der Waals surface area contributed by atoms with Crippen molar-refractivity contribution in [3.8, 4) is 0 Å². The molecule has 0 saturated heterocycles. The lowest BCUT2D eigenvalue weighted by molar-refractivity contribution is 0.964. The van der Waals surface area contributed by atoms with E-state index in [1.165, 1.54) is 23.1 Å². The minimum Gasteiger partial charge on any atom is -0.0688 e. The molecule has 0 nitrogen and oxygen atoms in total. The van der Waals surface area contributed by atoms with Crippen LogP contribution in [0, 0.1) is 13.8 Å². The van der Waals surface area contributed by atoms with Crippen LogP contribution >= 0.6 is 0 Å². The number of allylic oxidation sites excluding steroid dienone is 1. The molecule has 1 aliphatic carbocycles. The number of rotatable bonds is 2. The lowest BCUT2D eigenvalue weighted by Crippen LogP contribution is -2.31. The molecule has 0 aromatic heterocycles. The average Bonchev–Trinajstić information content (AvgIpc) is 2.63. The fourth-order valence-electron chi connectivity index (χ4n) is 3.18. The number of fused-ring (bicyclic) bond motifs is 1. The maximum atomic E-state index is 2.50. The van der Waals surface area contributed by atoms with Crippen molar-refractivity contribution in [1.82, 2.24) is 0 Å². The first-order valence-electron chi connectivity index (χ1n) is 6.66. The molecule has 1 aromatic rings. The van der Waals surface area contributed by atoms with Gasteiger partial charge in [-0.3, -0.25) is 0 Å². The highest BCUT2D eigenvalue weighted by Gasteiger charge is 2.36. The quantitative estimate of drug-likeness (QED) is 0.637. The fourth-order valence-corrected chi connectivity index (χ4v) is 5.83. The molecule has 1 heteroatoms. The Hall–Kier alpha value is -0.823. The van der Waals surface area contributed by atoms with Gasteiger partial charge in [0.15, 0.2) is 0 Å². The predicted molar refractivity (Wildman–Crippen MR) is 80.3 cm³/mol. The van der Waals surface area contributed by atoms with E-state index in [1.807, 2.05) is 0 Å². The monoisotopic (exact) mass is 244 g/mol. The molecule has 17 heavy (non-hydrogen) atoms. The van der Waals surface area contributed by atoms with Gasteiger partial charge in [0.2, 0.25) is 0 Å². The van der Waals surface area contributed by atoms with Crippen molar-refractivity contribution in [3.63, 3.8) is 0 Å². The highest BCUT2D eigenvalue weighted by atomic mass is 28.3. The molecule has 0 radical (unpaired) electrons. The summed E-state index contributed by atoms with van der Waals surface area (Å²) in [6, 6.07) is 4.57. The van der Waals surface area contributed by atoms with Crippen LogP contribution < -0.4 is 0 Å². The van der Waals surface area contributed by atoms with Gasteiger partial charge in [-0.15, -0.1) is 0 Å². The zero-order valence-corrected chi connectivity index (χ0v) is 13.0. The molecule has 0 aliphatic heterocycles. The summed E-state index contributed by atoms with van der Waals surface area (Å²) in [6.07, 6.45) is 3.67. The smallest absolute Gasteiger partial charge is 0.0569 e. The van der Waals surface area contributed by atoms with Gasteiger partial charge in [-0.1, -0.05) is 50.3 Å². The van der Waals surface area contributed by atoms with Gasteiger partial charge in [0.25, 0.3) is 0 Å². The topological polar surface area (TPSA) is 0 Å². The Bertz CT molecular complexity index is 475. The van der Waals surface area contributed by atoms with Crippen molar-refractivity contribution < 1.29 is 0 Å². The van der Waals surface area contributed by atoms with E-state index in [-0.39, 0.29) is 0 Å². The molecule has 0 spiro atoms. The molecule has 0 heterocycles. The van der Waals surface area contributed by atoms with Gasteiger partial charge in [-0.25, -0.2) is 0 Å². The summed E-state index contributed by atoms with van der Waals surface area (Å²) in [6.45, 7) is 14.3. The second-order valence-electron chi connectivity index (χ2n) is 6.40. The standard InChI is InChI=1S/C16H24Si/c1-7-13-10-14-11(2)8-9-12(3)15(14)16(13)17(4,5)6/h8-10,16H,7H2,1-6H3. The van der Waals surface area contributed by atoms with E-state index in [9.17, 15) is 0 Å². The summed E-state index contributed by atoms with van der Waals surface area (Å²) < 4.78 is 0. The summed E-state index contributed by atoms with van der Waals surface area (Å²) in [5.74, 6) is 0. The summed E-state index contributed by atoms with van der Waals surface area (Å²) in [5.41, 5.74) is 8.49. The van der Waals surface area contributed by atoms with Crippen molar-refractivity contribution in [1.29, 1.82) is 0 Å². The third-order valence-electron chi connectivity index (χ3n) is 3.99. The summed E-state index contributed by atoms with van der Waals surface area (Å²) in [7, 11) is -1.18. The third-order valence-corrected chi connectivity index (χ3v) is 6.38. The number of benzene rings is 1. The Morgan fingerprint density at radius 3 is 2.18 bits per heavy atom. The fraction of sp³-hybridized carbons (Fsp3) is 0.500. The van der Waals surface area contributed by atoms with Crippen LogP contribution in [0.15, 0.2) is 17.7 Å². The Labute approximate surface area is 107 Å². The van der Waals surface area contributed by atoms with Gasteiger partial charge in [0, 0.05) is 5.54 Å². The van der Waals surface area contributed by atoms with Gasteiger partial charge < -0.3 is 0 Å². The molecule has 1 atom stereocenters. The third kappa shape index (κ3) is 2.01. The first kappa shape index (κ1) is 12.6. The van der Waals surface area contributed by atoms with Crippen LogP contribution in [0.1, 0.15) is 41.1 Å². The first-order valence-corrected chi connectivity index (χ1v) is 10.2. The van der Waals surface area contributed by atoms with Crippen molar-refractivity contribution in [3.05, 3.63) is 40.0 Å². The maximum absolute atomic E-state index is 2.50. The van der Waals surface area contributed by atoms with Crippen LogP contribution in [0.25, 0.3) is 6.08 Å². The van der Waals surface area contributed by atoms with Gasteiger partial charge in [0.1, 0.15) is 0 Å². The molecule has 92 valence electrons. The molecule has 1 aliphatic rings. The van der Waals surface area contributed by atoms with E-state index in [4.69, 9.17) is 0 Å². The van der Waals surface area contributed by atoms with Gasteiger partial charge >= 0.3 is 0 Å². The first-order chi connectivity index (χ1) is 7.86. The van der Waals surface area contributed by atoms with E-state index in [2.05, 4.69) is 58.6 Å². The normalized spacial score (nSPS) is 19.2. The minimum absolute atomic E-state index is 0.738. The van der Waals surface area contributed by atoms with Crippen LogP contribution in [0.2, 0.25) is 19.6 Å². The lowest BCUT2D eigenvalue weighted by atomic mass is 9.99. The van der Waals surface area contributed by atoms with E-state index in [0.29, 0.717) is 0 Å². The average molecular weight is 244 g/mol. The Balaban J connectivity index is 2.66. The molecule has 0 saturated carbocycles. The van der Waals surface area contributed by atoms with Crippen LogP contribution in [-0.2, 0) is 0 Å².